The standard InChI is InChI=1S/C14H21Cl2NO2/c1-3-11(2)17-6-7-18-8-9-19-12-4-5-13(15)14(16)10-12/h4-5,10-11,17H,3,6-9H2,1-2H3. The molecule has 1 N–H and O–H groups in total. The molecule has 1 aromatic rings. The minimum Gasteiger partial charge on any atom is -0.491 e. The summed E-state index contributed by atoms with van der Waals surface area (Å²) in [5.41, 5.74) is 0. The highest BCUT2D eigenvalue weighted by Gasteiger charge is 2.00. The highest BCUT2D eigenvalue weighted by atomic mass is 35.5. The highest BCUT2D eigenvalue weighted by Crippen LogP contribution is 2.26. The van der Waals surface area contributed by atoms with Crippen LogP contribution in [0.4, 0.5) is 0 Å². The van der Waals surface area contributed by atoms with Crippen molar-refractivity contribution >= 4 is 23.2 Å². The monoisotopic (exact) mass is 305 g/mol. The topological polar surface area (TPSA) is 30.5 Å². The molecule has 1 unspecified atom stereocenters. The lowest BCUT2D eigenvalue weighted by molar-refractivity contribution is 0.100. The maximum absolute atomic E-state index is 5.89. The number of hydrogen-bond donors (Lipinski definition) is 1. The number of nitrogens with one attached hydrogen (secondary N) is 1. The first-order valence-electron chi connectivity index (χ1n) is 6.52. The fraction of sp³-hybridized carbons (Fsp3) is 0.571. The second-order valence-electron chi connectivity index (χ2n) is 4.30. The largest absolute Gasteiger partial charge is 0.491 e. The van der Waals surface area contributed by atoms with E-state index in [2.05, 4.69) is 19.2 Å². The van der Waals surface area contributed by atoms with Crippen molar-refractivity contribution in [2.24, 2.45) is 0 Å². The van der Waals surface area contributed by atoms with E-state index in [0.717, 1.165) is 13.0 Å². The minimum absolute atomic E-state index is 0.498. The third-order valence-corrected chi connectivity index (χ3v) is 3.48. The number of rotatable bonds is 9. The first-order valence-corrected chi connectivity index (χ1v) is 7.28. The molecule has 0 saturated heterocycles. The van der Waals surface area contributed by atoms with Crippen molar-refractivity contribution in [2.75, 3.05) is 26.4 Å². The summed E-state index contributed by atoms with van der Waals surface area (Å²) in [7, 11) is 0. The van der Waals surface area contributed by atoms with Crippen molar-refractivity contribution in [3.63, 3.8) is 0 Å². The molecule has 0 heterocycles. The number of ether oxygens (including phenoxy) is 2. The van der Waals surface area contributed by atoms with Crippen LogP contribution in [0.15, 0.2) is 18.2 Å². The number of halogens is 2. The van der Waals surface area contributed by atoms with Crippen molar-refractivity contribution in [3.8, 4) is 5.75 Å². The molecule has 0 radical (unpaired) electrons. The molecule has 1 atom stereocenters. The molecular formula is C14H21Cl2NO2. The molecule has 0 aromatic heterocycles. The molecule has 0 aliphatic carbocycles. The van der Waals surface area contributed by atoms with Crippen molar-refractivity contribution in [2.45, 2.75) is 26.3 Å². The molecule has 3 nitrogen and oxygen atoms in total. The second-order valence-corrected chi connectivity index (χ2v) is 5.11. The van der Waals surface area contributed by atoms with E-state index in [9.17, 15) is 0 Å². The zero-order chi connectivity index (χ0) is 14.1. The average molecular weight is 306 g/mol. The predicted octanol–water partition coefficient (Wildman–Crippen LogP) is 3.78. The van der Waals surface area contributed by atoms with Gasteiger partial charge in [0.2, 0.25) is 0 Å². The Morgan fingerprint density at radius 1 is 1.16 bits per heavy atom. The van der Waals surface area contributed by atoms with Crippen LogP contribution >= 0.6 is 23.2 Å². The highest BCUT2D eigenvalue weighted by molar-refractivity contribution is 6.42. The third-order valence-electron chi connectivity index (χ3n) is 2.74. The Morgan fingerprint density at radius 3 is 2.63 bits per heavy atom. The maximum Gasteiger partial charge on any atom is 0.121 e. The summed E-state index contributed by atoms with van der Waals surface area (Å²) < 4.78 is 11.0. The average Bonchev–Trinajstić information content (AvgIpc) is 2.41. The smallest absolute Gasteiger partial charge is 0.121 e. The van der Waals surface area contributed by atoms with Crippen LogP contribution in [-0.2, 0) is 4.74 Å². The van der Waals surface area contributed by atoms with Gasteiger partial charge in [-0.1, -0.05) is 30.1 Å². The van der Waals surface area contributed by atoms with Gasteiger partial charge in [0, 0.05) is 18.7 Å². The number of hydrogen-bond acceptors (Lipinski definition) is 3. The lowest BCUT2D eigenvalue weighted by Gasteiger charge is -2.11. The molecule has 0 aliphatic rings. The molecule has 0 aliphatic heterocycles. The van der Waals surface area contributed by atoms with Crippen LogP contribution in [0.1, 0.15) is 20.3 Å². The van der Waals surface area contributed by atoms with E-state index in [-0.39, 0.29) is 0 Å². The van der Waals surface area contributed by atoms with Gasteiger partial charge in [-0.25, -0.2) is 0 Å². The van der Waals surface area contributed by atoms with Crippen LogP contribution in [-0.4, -0.2) is 32.4 Å². The SMILES string of the molecule is CCC(C)NCCOCCOc1ccc(Cl)c(Cl)c1. The zero-order valence-electron chi connectivity index (χ0n) is 11.4. The third kappa shape index (κ3) is 7.02. The Labute approximate surface area is 125 Å². The van der Waals surface area contributed by atoms with E-state index in [0.29, 0.717) is 41.7 Å². The van der Waals surface area contributed by atoms with Crippen LogP contribution in [0.2, 0.25) is 10.0 Å². The summed E-state index contributed by atoms with van der Waals surface area (Å²) in [5.74, 6) is 0.704. The Hall–Kier alpha value is -0.480. The van der Waals surface area contributed by atoms with Crippen molar-refractivity contribution in [1.29, 1.82) is 0 Å². The van der Waals surface area contributed by atoms with E-state index in [1.54, 1.807) is 18.2 Å². The summed E-state index contributed by atoms with van der Waals surface area (Å²) in [5, 5.41) is 4.38. The molecule has 1 rings (SSSR count). The lowest BCUT2D eigenvalue weighted by atomic mass is 10.3. The molecule has 0 amide bonds. The summed E-state index contributed by atoms with van der Waals surface area (Å²) >= 11 is 11.7. The molecule has 5 heteroatoms. The van der Waals surface area contributed by atoms with E-state index >= 15 is 0 Å². The van der Waals surface area contributed by atoms with Crippen LogP contribution in [0, 0.1) is 0 Å². The molecule has 19 heavy (non-hydrogen) atoms. The van der Waals surface area contributed by atoms with Gasteiger partial charge >= 0.3 is 0 Å². The fourth-order valence-electron chi connectivity index (χ4n) is 1.41. The second kappa shape index (κ2) is 9.43. The molecule has 0 fully saturated rings. The van der Waals surface area contributed by atoms with Gasteiger partial charge in [-0.05, 0) is 25.5 Å². The Morgan fingerprint density at radius 2 is 1.95 bits per heavy atom. The molecular weight excluding hydrogens is 285 g/mol. The fourth-order valence-corrected chi connectivity index (χ4v) is 1.70. The lowest BCUT2D eigenvalue weighted by Crippen LogP contribution is -2.29. The van der Waals surface area contributed by atoms with Crippen LogP contribution in [0.25, 0.3) is 0 Å². The summed E-state index contributed by atoms with van der Waals surface area (Å²) in [6, 6.07) is 5.75. The van der Waals surface area contributed by atoms with Crippen molar-refractivity contribution in [1.82, 2.24) is 5.32 Å². The van der Waals surface area contributed by atoms with Gasteiger partial charge in [0.15, 0.2) is 0 Å². The first kappa shape index (κ1) is 16.6. The Bertz CT molecular complexity index is 374. The molecule has 0 saturated carbocycles. The molecule has 0 bridgehead atoms. The van der Waals surface area contributed by atoms with E-state index < -0.39 is 0 Å². The molecule has 0 spiro atoms. The van der Waals surface area contributed by atoms with Crippen LogP contribution in [0.5, 0.6) is 5.75 Å². The van der Waals surface area contributed by atoms with Crippen molar-refractivity contribution < 1.29 is 9.47 Å². The molecule has 1 aromatic carbocycles. The molecule has 108 valence electrons. The van der Waals surface area contributed by atoms with Gasteiger partial charge in [-0.3, -0.25) is 0 Å². The Kier molecular flexibility index (Phi) is 8.22. The van der Waals surface area contributed by atoms with Gasteiger partial charge in [-0.2, -0.15) is 0 Å². The van der Waals surface area contributed by atoms with Crippen LogP contribution in [0.3, 0.4) is 0 Å². The maximum atomic E-state index is 5.89. The van der Waals surface area contributed by atoms with Gasteiger partial charge in [0.05, 0.1) is 23.3 Å². The number of benzene rings is 1. The van der Waals surface area contributed by atoms with E-state index in [1.807, 2.05) is 0 Å². The van der Waals surface area contributed by atoms with Gasteiger partial charge in [0.1, 0.15) is 12.4 Å². The Balaban J connectivity index is 2.06. The summed E-state index contributed by atoms with van der Waals surface area (Å²) in [4.78, 5) is 0. The normalized spacial score (nSPS) is 12.4. The summed E-state index contributed by atoms with van der Waals surface area (Å²) in [6.45, 7) is 6.93. The zero-order valence-corrected chi connectivity index (χ0v) is 12.9. The van der Waals surface area contributed by atoms with E-state index in [4.69, 9.17) is 32.7 Å². The quantitative estimate of drug-likeness (QED) is 0.704. The first-order chi connectivity index (χ1) is 9.13. The van der Waals surface area contributed by atoms with E-state index in [1.165, 1.54) is 0 Å². The minimum atomic E-state index is 0.498. The van der Waals surface area contributed by atoms with Gasteiger partial charge in [0.25, 0.3) is 0 Å². The predicted molar refractivity (Wildman–Crippen MR) is 80.5 cm³/mol. The van der Waals surface area contributed by atoms with Gasteiger partial charge < -0.3 is 14.8 Å². The van der Waals surface area contributed by atoms with Crippen molar-refractivity contribution in [3.05, 3.63) is 28.2 Å². The summed E-state index contributed by atoms with van der Waals surface area (Å²) in [6.07, 6.45) is 1.13. The van der Waals surface area contributed by atoms with Crippen LogP contribution < -0.4 is 10.1 Å². The van der Waals surface area contributed by atoms with Gasteiger partial charge in [-0.15, -0.1) is 0 Å².